The molecule has 0 aliphatic carbocycles. The second-order valence-electron chi connectivity index (χ2n) is 4.03. The predicted octanol–water partition coefficient (Wildman–Crippen LogP) is 2.39. The van der Waals surface area contributed by atoms with Gasteiger partial charge in [-0.1, -0.05) is 13.8 Å². The molecule has 1 heterocycles. The average molecular weight is 215 g/mol. The molecule has 1 aliphatic heterocycles. The first-order chi connectivity index (χ1) is 6.74. The number of rotatable bonds is 5. The van der Waals surface area contributed by atoms with Gasteiger partial charge in [0.05, 0.1) is 0 Å². The molecule has 0 aromatic heterocycles. The largest absolute Gasteiger partial charge is 0.342 e. The Morgan fingerprint density at radius 1 is 1.57 bits per heavy atom. The number of hydrogen-bond donors (Lipinski definition) is 0. The highest BCUT2D eigenvalue weighted by Gasteiger charge is 2.22. The van der Waals surface area contributed by atoms with Crippen molar-refractivity contribution in [3.8, 4) is 0 Å². The van der Waals surface area contributed by atoms with E-state index in [1.165, 1.54) is 6.42 Å². The van der Waals surface area contributed by atoms with E-state index in [0.29, 0.717) is 11.8 Å². The van der Waals surface area contributed by atoms with Gasteiger partial charge < -0.3 is 4.90 Å². The summed E-state index contributed by atoms with van der Waals surface area (Å²) in [6, 6.07) is 0. The predicted molar refractivity (Wildman–Crippen MR) is 62.6 cm³/mol. The molecule has 0 saturated carbocycles. The highest BCUT2D eigenvalue weighted by Crippen LogP contribution is 2.16. The molecule has 0 aromatic carbocycles. The fourth-order valence-electron chi connectivity index (χ4n) is 1.79. The van der Waals surface area contributed by atoms with E-state index >= 15 is 0 Å². The lowest BCUT2D eigenvalue weighted by Crippen LogP contribution is -2.28. The van der Waals surface area contributed by atoms with Crippen molar-refractivity contribution in [3.63, 3.8) is 0 Å². The van der Waals surface area contributed by atoms with Gasteiger partial charge in [0.25, 0.3) is 0 Å². The molecular formula is C11H21NOS. The van der Waals surface area contributed by atoms with Crippen molar-refractivity contribution in [2.45, 2.75) is 33.1 Å². The van der Waals surface area contributed by atoms with Gasteiger partial charge in [-0.2, -0.15) is 11.8 Å². The van der Waals surface area contributed by atoms with Gasteiger partial charge in [-0.15, -0.1) is 0 Å². The van der Waals surface area contributed by atoms with Crippen LogP contribution >= 0.6 is 11.8 Å². The third-order valence-electron chi connectivity index (χ3n) is 2.66. The molecule has 0 spiro atoms. The van der Waals surface area contributed by atoms with Crippen LogP contribution in [0.15, 0.2) is 0 Å². The molecule has 0 bridgehead atoms. The van der Waals surface area contributed by atoms with E-state index in [0.717, 1.165) is 37.4 Å². The summed E-state index contributed by atoms with van der Waals surface area (Å²) in [5.74, 6) is 3.37. The van der Waals surface area contributed by atoms with Gasteiger partial charge in [-0.3, -0.25) is 4.79 Å². The lowest BCUT2D eigenvalue weighted by molar-refractivity contribution is -0.130. The first-order valence-corrected chi connectivity index (χ1v) is 6.75. The Bertz CT molecular complexity index is 184. The van der Waals surface area contributed by atoms with Crippen LogP contribution in [0, 0.1) is 5.92 Å². The van der Waals surface area contributed by atoms with Gasteiger partial charge in [-0.25, -0.2) is 0 Å². The maximum atomic E-state index is 11.7. The summed E-state index contributed by atoms with van der Waals surface area (Å²) in [7, 11) is 0. The lowest BCUT2D eigenvalue weighted by atomic mass is 10.2. The number of carbonyl (C=O) groups excluding carboxylic acids is 1. The maximum Gasteiger partial charge on any atom is 0.222 e. The zero-order chi connectivity index (χ0) is 10.4. The number of nitrogens with zero attached hydrogens (tertiary/aromatic N) is 1. The molecule has 0 N–H and O–H groups in total. The van der Waals surface area contributed by atoms with Crippen molar-refractivity contribution in [2.75, 3.05) is 24.6 Å². The Labute approximate surface area is 91.4 Å². The van der Waals surface area contributed by atoms with Crippen molar-refractivity contribution in [3.05, 3.63) is 0 Å². The fraction of sp³-hybridized carbons (Fsp3) is 0.909. The van der Waals surface area contributed by atoms with Gasteiger partial charge in [0.1, 0.15) is 0 Å². The quantitative estimate of drug-likeness (QED) is 0.656. The molecule has 14 heavy (non-hydrogen) atoms. The van der Waals surface area contributed by atoms with Crippen LogP contribution in [0.5, 0.6) is 0 Å². The van der Waals surface area contributed by atoms with Crippen LogP contribution in [0.3, 0.4) is 0 Å². The summed E-state index contributed by atoms with van der Waals surface area (Å²) < 4.78 is 0. The minimum absolute atomic E-state index is 0.367. The zero-order valence-electron chi connectivity index (χ0n) is 9.29. The molecule has 82 valence electrons. The van der Waals surface area contributed by atoms with E-state index in [1.807, 2.05) is 16.7 Å². The topological polar surface area (TPSA) is 20.3 Å². The molecule has 0 radical (unpaired) electrons. The van der Waals surface area contributed by atoms with Crippen molar-refractivity contribution in [2.24, 2.45) is 5.92 Å². The van der Waals surface area contributed by atoms with E-state index in [4.69, 9.17) is 0 Å². The highest BCUT2D eigenvalue weighted by atomic mass is 32.2. The van der Waals surface area contributed by atoms with Gasteiger partial charge in [-0.05, 0) is 30.3 Å². The third-order valence-corrected chi connectivity index (χ3v) is 3.65. The van der Waals surface area contributed by atoms with Crippen molar-refractivity contribution in [1.29, 1.82) is 0 Å². The summed E-state index contributed by atoms with van der Waals surface area (Å²) >= 11 is 1.92. The Morgan fingerprint density at radius 2 is 2.36 bits per heavy atom. The molecule has 1 atom stereocenters. The van der Waals surface area contributed by atoms with Crippen molar-refractivity contribution < 1.29 is 4.79 Å². The Balaban J connectivity index is 2.09. The number of hydrogen-bond acceptors (Lipinski definition) is 2. The maximum absolute atomic E-state index is 11.7. The van der Waals surface area contributed by atoms with Crippen LogP contribution in [0.2, 0.25) is 0 Å². The standard InChI is InChI=1S/C11H21NOS/c1-3-14-8-4-5-11(13)12-7-6-10(2)9-12/h10H,3-9H2,1-2H3/t10-/m1/s1. The van der Waals surface area contributed by atoms with E-state index < -0.39 is 0 Å². The molecule has 1 fully saturated rings. The number of amides is 1. The number of thioether (sulfide) groups is 1. The zero-order valence-corrected chi connectivity index (χ0v) is 10.1. The first kappa shape index (κ1) is 11.9. The average Bonchev–Trinajstić information content (AvgIpc) is 2.59. The molecule has 2 nitrogen and oxygen atoms in total. The van der Waals surface area contributed by atoms with E-state index in [-0.39, 0.29) is 0 Å². The van der Waals surface area contributed by atoms with Crippen LogP contribution in [0.1, 0.15) is 33.1 Å². The first-order valence-electron chi connectivity index (χ1n) is 5.59. The molecule has 1 aliphatic rings. The van der Waals surface area contributed by atoms with E-state index in [1.54, 1.807) is 0 Å². The van der Waals surface area contributed by atoms with Gasteiger partial charge in [0.2, 0.25) is 5.91 Å². The minimum atomic E-state index is 0.367. The van der Waals surface area contributed by atoms with Gasteiger partial charge in [0, 0.05) is 19.5 Å². The summed E-state index contributed by atoms with van der Waals surface area (Å²) in [6.45, 7) is 6.36. The molecule has 1 amide bonds. The van der Waals surface area contributed by atoms with Gasteiger partial charge in [0.15, 0.2) is 0 Å². The van der Waals surface area contributed by atoms with Crippen LogP contribution in [0.25, 0.3) is 0 Å². The van der Waals surface area contributed by atoms with Crippen LogP contribution < -0.4 is 0 Å². The SMILES string of the molecule is CCSCCCC(=O)N1CC[C@@H](C)C1. The summed E-state index contributed by atoms with van der Waals surface area (Å²) in [5.41, 5.74) is 0. The molecule has 0 unspecified atom stereocenters. The summed E-state index contributed by atoms with van der Waals surface area (Å²) in [4.78, 5) is 13.7. The second-order valence-corrected chi connectivity index (χ2v) is 5.43. The molecular weight excluding hydrogens is 194 g/mol. The third kappa shape index (κ3) is 3.91. The lowest BCUT2D eigenvalue weighted by Gasteiger charge is -2.15. The van der Waals surface area contributed by atoms with Gasteiger partial charge >= 0.3 is 0 Å². The van der Waals surface area contributed by atoms with Crippen molar-refractivity contribution >= 4 is 17.7 Å². The highest BCUT2D eigenvalue weighted by molar-refractivity contribution is 7.99. The van der Waals surface area contributed by atoms with E-state index in [2.05, 4.69) is 13.8 Å². The molecule has 1 saturated heterocycles. The number of likely N-dealkylation sites (tertiary alicyclic amines) is 1. The van der Waals surface area contributed by atoms with Crippen LogP contribution in [-0.4, -0.2) is 35.4 Å². The molecule has 0 aromatic rings. The van der Waals surface area contributed by atoms with Crippen molar-refractivity contribution in [1.82, 2.24) is 4.90 Å². The molecule has 1 rings (SSSR count). The van der Waals surface area contributed by atoms with Crippen LogP contribution in [-0.2, 0) is 4.79 Å². The Morgan fingerprint density at radius 3 is 2.93 bits per heavy atom. The smallest absolute Gasteiger partial charge is 0.222 e. The van der Waals surface area contributed by atoms with Crippen LogP contribution in [0.4, 0.5) is 0 Å². The Kier molecular flexibility index (Phi) is 5.38. The fourth-order valence-corrected chi connectivity index (χ4v) is 2.43. The second kappa shape index (κ2) is 6.33. The normalized spacial score (nSPS) is 21.6. The summed E-state index contributed by atoms with van der Waals surface area (Å²) in [6.07, 6.45) is 2.98. The number of carbonyl (C=O) groups is 1. The Hall–Kier alpha value is -0.180. The summed E-state index contributed by atoms with van der Waals surface area (Å²) in [5, 5.41) is 0. The van der Waals surface area contributed by atoms with E-state index in [9.17, 15) is 4.79 Å². The molecule has 3 heteroatoms. The minimum Gasteiger partial charge on any atom is -0.342 e. The monoisotopic (exact) mass is 215 g/mol.